The van der Waals surface area contributed by atoms with Crippen LogP contribution in [-0.2, 0) is 0 Å². The Morgan fingerprint density at radius 3 is 2.68 bits per heavy atom. The summed E-state index contributed by atoms with van der Waals surface area (Å²) in [5.74, 6) is 0.457. The minimum absolute atomic E-state index is 0.158. The summed E-state index contributed by atoms with van der Waals surface area (Å²) in [6.07, 6.45) is 8.61. The van der Waals surface area contributed by atoms with Crippen LogP contribution in [0.2, 0.25) is 0 Å². The van der Waals surface area contributed by atoms with Crippen LogP contribution in [0, 0.1) is 0 Å². The van der Waals surface area contributed by atoms with E-state index in [1.165, 1.54) is 35.4 Å². The Bertz CT molecular complexity index is 1220. The van der Waals surface area contributed by atoms with Crippen LogP contribution >= 0.6 is 23.5 Å². The molecule has 3 aliphatic heterocycles. The van der Waals surface area contributed by atoms with Gasteiger partial charge >= 0.3 is 0 Å². The fourth-order valence-electron chi connectivity index (χ4n) is 5.47. The lowest BCUT2D eigenvalue weighted by Crippen LogP contribution is -2.31. The van der Waals surface area contributed by atoms with Gasteiger partial charge in [-0.25, -0.2) is 9.97 Å². The first kappa shape index (κ1) is 22.0. The predicted molar refractivity (Wildman–Crippen MR) is 135 cm³/mol. The maximum Gasteiger partial charge on any atom is 0.261 e. The van der Waals surface area contributed by atoms with Gasteiger partial charge in [0.25, 0.3) is 11.8 Å². The van der Waals surface area contributed by atoms with E-state index in [9.17, 15) is 9.59 Å². The molecule has 0 N–H and O–H groups in total. The maximum absolute atomic E-state index is 12.7. The Morgan fingerprint density at radius 2 is 1.91 bits per heavy atom. The van der Waals surface area contributed by atoms with Crippen LogP contribution in [0.5, 0.6) is 0 Å². The average molecular weight is 491 g/mol. The topological polar surface area (TPSA) is 75.5 Å². The van der Waals surface area contributed by atoms with Crippen molar-refractivity contribution >= 4 is 41.0 Å². The van der Waals surface area contributed by atoms with E-state index in [1.54, 1.807) is 59.7 Å². The second kappa shape index (κ2) is 8.96. The van der Waals surface area contributed by atoms with Crippen molar-refractivity contribution in [2.24, 2.45) is 4.99 Å². The van der Waals surface area contributed by atoms with E-state index in [0.29, 0.717) is 23.4 Å². The number of unbranched alkanes of at least 4 members (excludes halogenated alkanes) is 1. The summed E-state index contributed by atoms with van der Waals surface area (Å²) >= 11 is 3.39. The number of carbonyl (C=O) groups is 2. The summed E-state index contributed by atoms with van der Waals surface area (Å²) in [7, 11) is 0. The van der Waals surface area contributed by atoms with Crippen LogP contribution in [0.25, 0.3) is 0 Å². The van der Waals surface area contributed by atoms with Crippen LogP contribution < -0.4 is 0 Å². The number of hydrogen-bond donors (Lipinski definition) is 0. The second-order valence-electron chi connectivity index (χ2n) is 9.07. The summed E-state index contributed by atoms with van der Waals surface area (Å²) in [5.41, 5.74) is 6.49. The minimum Gasteiger partial charge on any atom is -0.274 e. The number of fused-ring (bicyclic) bond motifs is 5. The third-order valence-electron chi connectivity index (χ3n) is 7.08. The first-order valence-electron chi connectivity index (χ1n) is 12.1. The van der Waals surface area contributed by atoms with Crippen molar-refractivity contribution in [3.8, 4) is 0 Å². The van der Waals surface area contributed by atoms with Crippen LogP contribution in [0.4, 0.5) is 0 Å². The summed E-state index contributed by atoms with van der Waals surface area (Å²) in [4.78, 5) is 42.3. The lowest BCUT2D eigenvalue weighted by atomic mass is 9.87. The second-order valence-corrected chi connectivity index (χ2v) is 11.3. The highest BCUT2D eigenvalue weighted by Gasteiger charge is 2.44. The molecule has 0 radical (unpaired) electrons. The van der Waals surface area contributed by atoms with Crippen LogP contribution in [0.15, 0.2) is 56.7 Å². The fourth-order valence-corrected chi connectivity index (χ4v) is 7.92. The molecule has 4 aliphatic rings. The molecule has 0 saturated heterocycles. The number of benzene rings is 1. The van der Waals surface area contributed by atoms with Crippen molar-refractivity contribution in [2.75, 3.05) is 12.3 Å². The zero-order valence-electron chi connectivity index (χ0n) is 19.1. The van der Waals surface area contributed by atoms with Gasteiger partial charge in [0.15, 0.2) is 0 Å². The number of nitrogens with zero attached hydrogens (tertiary/aromatic N) is 4. The van der Waals surface area contributed by atoms with Gasteiger partial charge in [-0.2, -0.15) is 0 Å². The molecule has 8 heteroatoms. The van der Waals surface area contributed by atoms with Crippen molar-refractivity contribution in [2.45, 2.75) is 66.7 Å². The molecule has 0 fully saturated rings. The number of thioether (sulfide) groups is 2. The lowest BCUT2D eigenvalue weighted by molar-refractivity contribution is 0.0664. The fraction of sp³-hybridized carbons (Fsp3) is 0.423. The molecule has 34 heavy (non-hydrogen) atoms. The highest BCUT2D eigenvalue weighted by atomic mass is 32.2. The monoisotopic (exact) mass is 490 g/mol. The van der Waals surface area contributed by atoms with Crippen molar-refractivity contribution in [3.05, 3.63) is 58.6 Å². The van der Waals surface area contributed by atoms with Gasteiger partial charge in [0.1, 0.15) is 16.7 Å². The molecule has 6 rings (SSSR count). The number of amides is 2. The smallest absolute Gasteiger partial charge is 0.261 e. The van der Waals surface area contributed by atoms with Gasteiger partial charge in [-0.3, -0.25) is 19.5 Å². The molecular weight excluding hydrogens is 464 g/mol. The van der Waals surface area contributed by atoms with Crippen LogP contribution in [0.3, 0.4) is 0 Å². The molecule has 2 aromatic rings. The SMILES string of the molecule is CCCCC1=N[C@H]2Sc3c(SCCN4C(=O)c5ccccc5C4=O)ncnc3[C@@H]2C2=C1CCC2. The summed E-state index contributed by atoms with van der Waals surface area (Å²) in [6.45, 7) is 2.60. The summed E-state index contributed by atoms with van der Waals surface area (Å²) < 4.78 is 0. The molecule has 0 saturated carbocycles. The predicted octanol–water partition coefficient (Wildman–Crippen LogP) is 5.51. The number of aromatic nitrogens is 2. The Labute approximate surface area is 207 Å². The van der Waals surface area contributed by atoms with Crippen molar-refractivity contribution in [3.63, 3.8) is 0 Å². The minimum atomic E-state index is -0.204. The van der Waals surface area contributed by atoms with E-state index in [0.717, 1.165) is 34.9 Å². The normalized spacial score (nSPS) is 22.6. The molecule has 1 aliphatic carbocycles. The molecule has 1 aromatic carbocycles. The molecular formula is C26H26N4O2S2. The molecule has 2 atom stereocenters. The quantitative estimate of drug-likeness (QED) is 0.290. The van der Waals surface area contributed by atoms with E-state index < -0.39 is 0 Å². The molecule has 174 valence electrons. The summed E-state index contributed by atoms with van der Waals surface area (Å²) in [5, 5.41) is 1.09. The highest BCUT2D eigenvalue weighted by Crippen LogP contribution is 2.56. The average Bonchev–Trinajstić information content (AvgIpc) is 3.54. The third-order valence-corrected chi connectivity index (χ3v) is 9.44. The number of carbonyl (C=O) groups excluding carboxylic acids is 2. The Hall–Kier alpha value is -2.45. The zero-order chi connectivity index (χ0) is 23.2. The largest absolute Gasteiger partial charge is 0.274 e. The number of allylic oxidation sites excluding steroid dienone is 1. The standard InChI is InChI=1S/C26H26N4O2S2/c1-2-3-11-19-15-9-6-10-16(15)20-21-22(34-23(20)29-19)24(28-14-27-21)33-13-12-30-25(31)17-7-4-5-8-18(17)26(30)32/h4-5,7-8,14,20,23H,2-3,6,9-13H2,1H3/t20-,23-/m0/s1. The first-order valence-corrected chi connectivity index (χ1v) is 13.9. The Kier molecular flexibility index (Phi) is 5.81. The molecule has 1 aromatic heterocycles. The van der Waals surface area contributed by atoms with E-state index >= 15 is 0 Å². The van der Waals surface area contributed by atoms with E-state index in [4.69, 9.17) is 9.98 Å². The molecule has 4 heterocycles. The molecule has 0 unspecified atom stereocenters. The van der Waals surface area contributed by atoms with Gasteiger partial charge in [0, 0.05) is 18.0 Å². The van der Waals surface area contributed by atoms with E-state index in [-0.39, 0.29) is 23.1 Å². The Balaban J connectivity index is 1.20. The number of rotatable bonds is 7. The van der Waals surface area contributed by atoms with Crippen LogP contribution in [0.1, 0.15) is 77.8 Å². The lowest BCUT2D eigenvalue weighted by Gasteiger charge is -2.26. The van der Waals surface area contributed by atoms with Crippen molar-refractivity contribution in [1.29, 1.82) is 0 Å². The third kappa shape index (κ3) is 3.53. The zero-order valence-corrected chi connectivity index (χ0v) is 20.8. The molecule has 2 amide bonds. The van der Waals surface area contributed by atoms with Crippen molar-refractivity contribution in [1.82, 2.24) is 14.9 Å². The molecule has 0 spiro atoms. The van der Waals surface area contributed by atoms with Gasteiger partial charge in [-0.1, -0.05) is 42.8 Å². The summed E-state index contributed by atoms with van der Waals surface area (Å²) in [6, 6.07) is 7.04. The maximum atomic E-state index is 12.7. The van der Waals surface area contributed by atoms with Gasteiger partial charge in [0.05, 0.1) is 27.6 Å². The highest BCUT2D eigenvalue weighted by molar-refractivity contribution is 8.02. The van der Waals surface area contributed by atoms with Gasteiger partial charge in [-0.15, -0.1) is 11.8 Å². The van der Waals surface area contributed by atoms with Gasteiger partial charge in [0.2, 0.25) is 0 Å². The number of imide groups is 1. The molecule has 0 bridgehead atoms. The van der Waals surface area contributed by atoms with Gasteiger partial charge in [-0.05, 0) is 49.8 Å². The first-order chi connectivity index (χ1) is 16.7. The van der Waals surface area contributed by atoms with Crippen LogP contribution in [-0.4, -0.2) is 50.1 Å². The van der Waals surface area contributed by atoms with Crippen molar-refractivity contribution < 1.29 is 9.59 Å². The number of hydrogen-bond acceptors (Lipinski definition) is 7. The van der Waals surface area contributed by atoms with E-state index in [2.05, 4.69) is 11.9 Å². The van der Waals surface area contributed by atoms with E-state index in [1.807, 2.05) is 0 Å². The Morgan fingerprint density at radius 1 is 1.12 bits per heavy atom. The number of dihydropyridines is 1. The molecule has 6 nitrogen and oxygen atoms in total. The number of aliphatic imine (C=N–C) groups is 1. The van der Waals surface area contributed by atoms with Gasteiger partial charge < -0.3 is 0 Å².